The molecule has 0 aliphatic heterocycles. The number of pyridine rings is 1. The summed E-state index contributed by atoms with van der Waals surface area (Å²) in [4.78, 5) is 9.00. The van der Waals surface area contributed by atoms with Crippen LogP contribution in [0, 0.1) is 0 Å². The molecule has 0 spiro atoms. The molecule has 0 saturated heterocycles. The maximum Gasteiger partial charge on any atom is 0.238 e. The number of sulfonamides is 1. The van der Waals surface area contributed by atoms with Gasteiger partial charge >= 0.3 is 0 Å². The molecule has 0 unspecified atom stereocenters. The molecule has 3 aromatic rings. The maximum atomic E-state index is 11.4. The third-order valence-electron chi connectivity index (χ3n) is 4.32. The Morgan fingerprint density at radius 1 is 1.00 bits per heavy atom. The van der Waals surface area contributed by atoms with Gasteiger partial charge in [-0.3, -0.25) is 4.98 Å². The maximum absolute atomic E-state index is 11.4. The van der Waals surface area contributed by atoms with E-state index < -0.39 is 10.0 Å². The molecule has 0 fully saturated rings. The first-order valence-corrected chi connectivity index (χ1v) is 11.1. The largest absolute Gasteiger partial charge is 0.469 e. The van der Waals surface area contributed by atoms with Gasteiger partial charge in [0.25, 0.3) is 0 Å². The zero-order valence-electron chi connectivity index (χ0n) is 16.5. The number of aliphatic imine (C=N–C) groups is 1. The lowest BCUT2D eigenvalue weighted by atomic mass is 10.2. The number of furan rings is 1. The van der Waals surface area contributed by atoms with Gasteiger partial charge in [0.1, 0.15) is 5.76 Å². The predicted octanol–water partition coefficient (Wildman–Crippen LogP) is 1.84. The van der Waals surface area contributed by atoms with E-state index in [4.69, 9.17) is 9.56 Å². The molecule has 2 heterocycles. The van der Waals surface area contributed by atoms with Crippen LogP contribution in [0.15, 0.2) is 81.4 Å². The van der Waals surface area contributed by atoms with Gasteiger partial charge in [0, 0.05) is 37.8 Å². The van der Waals surface area contributed by atoms with Gasteiger partial charge in [0.2, 0.25) is 10.0 Å². The van der Waals surface area contributed by atoms with Gasteiger partial charge in [0.05, 0.1) is 17.7 Å². The molecule has 0 saturated carbocycles. The van der Waals surface area contributed by atoms with Crippen molar-refractivity contribution in [2.45, 2.75) is 24.3 Å². The van der Waals surface area contributed by atoms with Gasteiger partial charge in [-0.05, 0) is 42.0 Å². The van der Waals surface area contributed by atoms with Crippen molar-refractivity contribution in [3.05, 3.63) is 84.1 Å². The molecule has 0 bridgehead atoms. The van der Waals surface area contributed by atoms with Gasteiger partial charge in [-0.15, -0.1) is 0 Å². The minimum atomic E-state index is -3.70. The van der Waals surface area contributed by atoms with E-state index >= 15 is 0 Å². The SMILES string of the molecule is NS(=O)(=O)c1ccc(CN=C(NCCc2ccccn2)NCCc2ccco2)cc1. The summed E-state index contributed by atoms with van der Waals surface area (Å²) in [7, 11) is -3.70. The third kappa shape index (κ3) is 7.02. The van der Waals surface area contributed by atoms with Crippen LogP contribution in [0.5, 0.6) is 0 Å². The lowest BCUT2D eigenvalue weighted by molar-refractivity contribution is 0.506. The molecule has 158 valence electrons. The summed E-state index contributed by atoms with van der Waals surface area (Å²) in [5.41, 5.74) is 1.87. The number of hydrogen-bond donors (Lipinski definition) is 3. The van der Waals surface area contributed by atoms with Crippen LogP contribution in [0.25, 0.3) is 0 Å². The Bertz CT molecular complexity index is 1030. The Balaban J connectivity index is 1.59. The highest BCUT2D eigenvalue weighted by Gasteiger charge is 2.07. The van der Waals surface area contributed by atoms with Crippen LogP contribution in [0.1, 0.15) is 17.0 Å². The van der Waals surface area contributed by atoms with Gasteiger partial charge < -0.3 is 15.1 Å². The second-order valence-corrected chi connectivity index (χ2v) is 8.17. The van der Waals surface area contributed by atoms with Crippen molar-refractivity contribution in [3.63, 3.8) is 0 Å². The lowest BCUT2D eigenvalue weighted by Crippen LogP contribution is -2.39. The molecule has 0 aliphatic carbocycles. The summed E-state index contributed by atoms with van der Waals surface area (Å²) in [5, 5.41) is 11.7. The normalized spacial score (nSPS) is 12.0. The molecule has 0 radical (unpaired) electrons. The number of aromatic nitrogens is 1. The number of benzene rings is 1. The van der Waals surface area contributed by atoms with E-state index in [1.54, 1.807) is 24.6 Å². The number of primary sulfonamides is 1. The van der Waals surface area contributed by atoms with Gasteiger partial charge in [-0.1, -0.05) is 18.2 Å². The van der Waals surface area contributed by atoms with Crippen molar-refractivity contribution in [1.82, 2.24) is 15.6 Å². The summed E-state index contributed by atoms with van der Waals surface area (Å²) in [6.45, 7) is 1.73. The summed E-state index contributed by atoms with van der Waals surface area (Å²) in [6, 6.07) is 16.0. The number of guanidine groups is 1. The summed E-state index contributed by atoms with van der Waals surface area (Å²) < 4.78 is 28.1. The van der Waals surface area contributed by atoms with Crippen LogP contribution >= 0.6 is 0 Å². The molecule has 4 N–H and O–H groups in total. The van der Waals surface area contributed by atoms with Crippen LogP contribution in [-0.4, -0.2) is 32.5 Å². The minimum Gasteiger partial charge on any atom is -0.469 e. The summed E-state index contributed by atoms with van der Waals surface area (Å²) in [6.07, 6.45) is 4.93. The standard InChI is InChI=1S/C21H25N5O3S/c22-30(27,28)20-8-6-17(7-9-20)16-26-21(25-14-11-19-5-3-15-29-19)24-13-10-18-4-1-2-12-23-18/h1-9,12,15H,10-11,13-14,16H2,(H2,22,27,28)(H2,24,25,26). The molecule has 1 aromatic carbocycles. The van der Waals surface area contributed by atoms with Crippen molar-refractivity contribution >= 4 is 16.0 Å². The molecule has 2 aromatic heterocycles. The van der Waals surface area contributed by atoms with E-state index in [2.05, 4.69) is 20.6 Å². The first-order chi connectivity index (χ1) is 14.5. The highest BCUT2D eigenvalue weighted by atomic mass is 32.2. The number of hydrogen-bond acceptors (Lipinski definition) is 5. The first kappa shape index (κ1) is 21.5. The van der Waals surface area contributed by atoms with Crippen molar-refractivity contribution in [2.24, 2.45) is 10.1 Å². The lowest BCUT2D eigenvalue weighted by Gasteiger charge is -2.12. The van der Waals surface area contributed by atoms with Crippen LogP contribution in [-0.2, 0) is 29.4 Å². The number of nitrogens with one attached hydrogen (secondary N) is 2. The van der Waals surface area contributed by atoms with Crippen LogP contribution in [0.2, 0.25) is 0 Å². The predicted molar refractivity (Wildman–Crippen MR) is 115 cm³/mol. The second-order valence-electron chi connectivity index (χ2n) is 6.61. The van der Waals surface area contributed by atoms with E-state index in [-0.39, 0.29) is 4.90 Å². The number of rotatable bonds is 9. The zero-order valence-corrected chi connectivity index (χ0v) is 17.3. The molecule has 0 atom stereocenters. The molecule has 30 heavy (non-hydrogen) atoms. The van der Waals surface area contributed by atoms with E-state index in [0.29, 0.717) is 25.6 Å². The average molecular weight is 428 g/mol. The topological polar surface area (TPSA) is 123 Å². The van der Waals surface area contributed by atoms with Gasteiger partial charge in [-0.25, -0.2) is 18.5 Å². The Morgan fingerprint density at radius 2 is 1.77 bits per heavy atom. The van der Waals surface area contributed by atoms with E-state index in [1.165, 1.54) is 12.1 Å². The Kier molecular flexibility index (Phi) is 7.58. The van der Waals surface area contributed by atoms with E-state index in [9.17, 15) is 8.42 Å². The minimum absolute atomic E-state index is 0.0838. The van der Waals surface area contributed by atoms with E-state index in [0.717, 1.165) is 29.9 Å². The highest BCUT2D eigenvalue weighted by molar-refractivity contribution is 7.89. The Labute approximate surface area is 176 Å². The number of nitrogens with two attached hydrogens (primary N) is 1. The van der Waals surface area contributed by atoms with Crippen molar-refractivity contribution in [1.29, 1.82) is 0 Å². The second kappa shape index (κ2) is 10.6. The van der Waals surface area contributed by atoms with Gasteiger partial charge in [-0.2, -0.15) is 0 Å². The monoisotopic (exact) mass is 427 g/mol. The highest BCUT2D eigenvalue weighted by Crippen LogP contribution is 2.09. The average Bonchev–Trinajstić information content (AvgIpc) is 3.25. The first-order valence-electron chi connectivity index (χ1n) is 9.57. The Hall–Kier alpha value is -3.17. The fourth-order valence-electron chi connectivity index (χ4n) is 2.74. The van der Waals surface area contributed by atoms with E-state index in [1.807, 2.05) is 30.3 Å². The van der Waals surface area contributed by atoms with Crippen molar-refractivity contribution < 1.29 is 12.8 Å². The third-order valence-corrected chi connectivity index (χ3v) is 5.24. The molecule has 3 rings (SSSR count). The summed E-state index contributed by atoms with van der Waals surface area (Å²) >= 11 is 0. The molecule has 0 aliphatic rings. The zero-order chi connectivity index (χ0) is 21.2. The molecular formula is C21H25N5O3S. The summed E-state index contributed by atoms with van der Waals surface area (Å²) in [5.74, 6) is 1.56. The van der Waals surface area contributed by atoms with Crippen molar-refractivity contribution in [3.8, 4) is 0 Å². The van der Waals surface area contributed by atoms with Crippen LogP contribution in [0.3, 0.4) is 0 Å². The fourth-order valence-corrected chi connectivity index (χ4v) is 3.26. The van der Waals surface area contributed by atoms with Crippen LogP contribution < -0.4 is 15.8 Å². The quantitative estimate of drug-likeness (QED) is 0.354. The Morgan fingerprint density at radius 3 is 2.40 bits per heavy atom. The van der Waals surface area contributed by atoms with Gasteiger partial charge in [0.15, 0.2) is 5.96 Å². The molecule has 8 nitrogen and oxygen atoms in total. The molecule has 0 amide bonds. The van der Waals surface area contributed by atoms with Crippen LogP contribution in [0.4, 0.5) is 0 Å². The number of nitrogens with zero attached hydrogens (tertiary/aromatic N) is 2. The molecular weight excluding hydrogens is 402 g/mol. The van der Waals surface area contributed by atoms with Crippen molar-refractivity contribution in [2.75, 3.05) is 13.1 Å². The molecule has 9 heteroatoms. The smallest absolute Gasteiger partial charge is 0.238 e. The fraction of sp³-hybridized carbons (Fsp3) is 0.238.